The van der Waals surface area contributed by atoms with Gasteiger partial charge in [-0.25, -0.2) is 0 Å². The maximum atomic E-state index is 12.7. The second kappa shape index (κ2) is 7.70. The largest absolute Gasteiger partial charge is 0.338 e. The lowest BCUT2D eigenvalue weighted by molar-refractivity contribution is -0.139. The average Bonchev–Trinajstić information content (AvgIpc) is 2.72. The number of carbonyl (C=O) groups is 2. The summed E-state index contributed by atoms with van der Waals surface area (Å²) in [6.07, 6.45) is 8.68. The van der Waals surface area contributed by atoms with Gasteiger partial charge >= 0.3 is 0 Å². The third kappa shape index (κ3) is 3.91. The van der Waals surface area contributed by atoms with Crippen LogP contribution in [0, 0.1) is 12.3 Å². The molecule has 0 aromatic carbocycles. The summed E-state index contributed by atoms with van der Waals surface area (Å²) in [6, 6.07) is 7.64. The van der Waals surface area contributed by atoms with Crippen molar-refractivity contribution >= 4 is 11.8 Å². The van der Waals surface area contributed by atoms with Crippen molar-refractivity contribution in [3.8, 4) is 0 Å². The van der Waals surface area contributed by atoms with E-state index in [0.29, 0.717) is 18.7 Å². The summed E-state index contributed by atoms with van der Waals surface area (Å²) in [7, 11) is 0. The molecule has 4 heterocycles. The number of amides is 2. The molecule has 0 unspecified atom stereocenters. The zero-order valence-corrected chi connectivity index (χ0v) is 16.3. The van der Waals surface area contributed by atoms with Gasteiger partial charge in [-0.3, -0.25) is 19.6 Å². The molecule has 2 amide bonds. The zero-order chi connectivity index (χ0) is 19.6. The van der Waals surface area contributed by atoms with Crippen LogP contribution in [0.25, 0.3) is 0 Å². The average molecular weight is 378 g/mol. The van der Waals surface area contributed by atoms with Gasteiger partial charge in [0.2, 0.25) is 5.91 Å². The van der Waals surface area contributed by atoms with Crippen molar-refractivity contribution in [1.29, 1.82) is 0 Å². The van der Waals surface area contributed by atoms with E-state index in [1.54, 1.807) is 18.5 Å². The fourth-order valence-corrected chi connectivity index (χ4v) is 4.31. The molecule has 6 heteroatoms. The number of likely N-dealkylation sites (tertiary alicyclic amines) is 2. The van der Waals surface area contributed by atoms with E-state index in [2.05, 4.69) is 9.97 Å². The van der Waals surface area contributed by atoms with Crippen LogP contribution < -0.4 is 0 Å². The Bertz CT molecular complexity index is 843. The van der Waals surface area contributed by atoms with Crippen molar-refractivity contribution in [2.24, 2.45) is 5.41 Å². The first-order valence-electron chi connectivity index (χ1n) is 9.93. The highest BCUT2D eigenvalue weighted by molar-refractivity contribution is 5.92. The molecular formula is C22H26N4O2. The first kappa shape index (κ1) is 18.6. The van der Waals surface area contributed by atoms with E-state index in [0.717, 1.165) is 50.0 Å². The van der Waals surface area contributed by atoms with Gasteiger partial charge in [-0.1, -0.05) is 12.1 Å². The molecule has 0 aliphatic carbocycles. The Labute approximate surface area is 165 Å². The van der Waals surface area contributed by atoms with Crippen molar-refractivity contribution in [2.45, 2.75) is 39.2 Å². The second-order valence-corrected chi connectivity index (χ2v) is 8.12. The zero-order valence-electron chi connectivity index (χ0n) is 16.3. The van der Waals surface area contributed by atoms with Gasteiger partial charge in [0.05, 0.1) is 0 Å². The quantitative estimate of drug-likeness (QED) is 0.824. The van der Waals surface area contributed by atoms with Crippen LogP contribution in [0.2, 0.25) is 0 Å². The number of hydrogen-bond donors (Lipinski definition) is 0. The number of hydrogen-bond acceptors (Lipinski definition) is 4. The van der Waals surface area contributed by atoms with Crippen molar-refractivity contribution in [2.75, 3.05) is 19.6 Å². The van der Waals surface area contributed by atoms with Gasteiger partial charge in [0.1, 0.15) is 5.69 Å². The van der Waals surface area contributed by atoms with Crippen LogP contribution in [0.5, 0.6) is 0 Å². The molecule has 28 heavy (non-hydrogen) atoms. The van der Waals surface area contributed by atoms with Crippen LogP contribution in [-0.2, 0) is 11.3 Å². The summed E-state index contributed by atoms with van der Waals surface area (Å²) < 4.78 is 0. The van der Waals surface area contributed by atoms with Crippen molar-refractivity contribution < 1.29 is 9.59 Å². The van der Waals surface area contributed by atoms with Crippen LogP contribution in [0.3, 0.4) is 0 Å². The maximum absolute atomic E-state index is 12.7. The molecular weight excluding hydrogens is 352 g/mol. The molecule has 2 saturated heterocycles. The molecule has 2 fully saturated rings. The van der Waals surface area contributed by atoms with E-state index >= 15 is 0 Å². The predicted molar refractivity (Wildman–Crippen MR) is 105 cm³/mol. The number of carbonyl (C=O) groups excluding carboxylic acids is 2. The highest BCUT2D eigenvalue weighted by Crippen LogP contribution is 2.40. The normalized spacial score (nSPS) is 19.1. The standard InChI is InChI=1S/C22H26N4O2/c1-17-4-5-19(24-13-17)21(28)25-11-8-22(9-12-25)7-6-20(27)26(16-22)15-18-3-2-10-23-14-18/h2-5,10,13-14H,6-9,11-12,15-16H2,1H3. The van der Waals surface area contributed by atoms with E-state index in [4.69, 9.17) is 0 Å². The first-order chi connectivity index (χ1) is 13.5. The molecule has 2 aromatic rings. The van der Waals surface area contributed by atoms with Crippen LogP contribution in [0.15, 0.2) is 42.9 Å². The minimum atomic E-state index is 0.00829. The SMILES string of the molecule is Cc1ccc(C(=O)N2CCC3(CCC(=O)N(Cc4cccnc4)C3)CC2)nc1. The van der Waals surface area contributed by atoms with E-state index in [1.807, 2.05) is 41.1 Å². The monoisotopic (exact) mass is 378 g/mol. The molecule has 1 spiro atoms. The number of rotatable bonds is 3. The molecule has 2 aromatic heterocycles. The van der Waals surface area contributed by atoms with Crippen LogP contribution in [-0.4, -0.2) is 51.2 Å². The molecule has 0 bridgehead atoms. The fraction of sp³-hybridized carbons (Fsp3) is 0.455. The van der Waals surface area contributed by atoms with Gasteiger partial charge in [0.15, 0.2) is 0 Å². The van der Waals surface area contributed by atoms with Gasteiger partial charge < -0.3 is 9.80 Å². The van der Waals surface area contributed by atoms with Crippen LogP contribution >= 0.6 is 0 Å². The van der Waals surface area contributed by atoms with Crippen LogP contribution in [0.1, 0.15) is 47.3 Å². The van der Waals surface area contributed by atoms with Crippen molar-refractivity contribution in [1.82, 2.24) is 19.8 Å². The second-order valence-electron chi connectivity index (χ2n) is 8.12. The Balaban J connectivity index is 1.39. The summed E-state index contributed by atoms with van der Waals surface area (Å²) in [5, 5.41) is 0. The summed E-state index contributed by atoms with van der Waals surface area (Å²) >= 11 is 0. The Morgan fingerprint density at radius 3 is 2.64 bits per heavy atom. The van der Waals surface area contributed by atoms with E-state index in [-0.39, 0.29) is 17.2 Å². The predicted octanol–water partition coefficient (Wildman–Crippen LogP) is 2.83. The first-order valence-corrected chi connectivity index (χ1v) is 9.93. The van der Waals surface area contributed by atoms with Crippen molar-refractivity contribution in [3.63, 3.8) is 0 Å². The van der Waals surface area contributed by atoms with Gasteiger partial charge in [0, 0.05) is 51.2 Å². The number of aromatic nitrogens is 2. The molecule has 6 nitrogen and oxygen atoms in total. The van der Waals surface area contributed by atoms with E-state index in [9.17, 15) is 9.59 Å². The maximum Gasteiger partial charge on any atom is 0.272 e. The lowest BCUT2D eigenvalue weighted by Crippen LogP contribution is -2.52. The molecule has 0 atom stereocenters. The van der Waals surface area contributed by atoms with Gasteiger partial charge in [-0.05, 0) is 54.9 Å². The summed E-state index contributed by atoms with van der Waals surface area (Å²) in [5.41, 5.74) is 2.74. The van der Waals surface area contributed by atoms with Crippen LogP contribution in [0.4, 0.5) is 0 Å². The Kier molecular flexibility index (Phi) is 5.11. The molecule has 146 valence electrons. The number of aryl methyl sites for hydroxylation is 1. The number of pyridine rings is 2. The molecule has 0 radical (unpaired) electrons. The third-order valence-electron chi connectivity index (χ3n) is 6.09. The molecule has 2 aliphatic heterocycles. The molecule has 2 aliphatic rings. The molecule has 0 saturated carbocycles. The number of nitrogens with zero attached hydrogens (tertiary/aromatic N) is 4. The minimum Gasteiger partial charge on any atom is -0.338 e. The van der Waals surface area contributed by atoms with Gasteiger partial charge in [-0.2, -0.15) is 0 Å². The van der Waals surface area contributed by atoms with E-state index < -0.39 is 0 Å². The summed E-state index contributed by atoms with van der Waals surface area (Å²) in [6.45, 7) is 4.80. The van der Waals surface area contributed by atoms with Gasteiger partial charge in [0.25, 0.3) is 5.91 Å². The fourth-order valence-electron chi connectivity index (χ4n) is 4.31. The topological polar surface area (TPSA) is 66.4 Å². The third-order valence-corrected chi connectivity index (χ3v) is 6.09. The van der Waals surface area contributed by atoms with Gasteiger partial charge in [-0.15, -0.1) is 0 Å². The van der Waals surface area contributed by atoms with E-state index in [1.165, 1.54) is 0 Å². The highest BCUT2D eigenvalue weighted by atomic mass is 16.2. The van der Waals surface area contributed by atoms with Crippen molar-refractivity contribution in [3.05, 3.63) is 59.7 Å². The highest BCUT2D eigenvalue weighted by Gasteiger charge is 2.41. The number of piperidine rings is 2. The molecule has 0 N–H and O–H groups in total. The Morgan fingerprint density at radius 2 is 1.96 bits per heavy atom. The lowest BCUT2D eigenvalue weighted by Gasteiger charge is -2.47. The summed E-state index contributed by atoms with van der Waals surface area (Å²) in [4.78, 5) is 37.5. The smallest absolute Gasteiger partial charge is 0.272 e. The molecule has 4 rings (SSSR count). The summed E-state index contributed by atoms with van der Waals surface area (Å²) in [5.74, 6) is 0.228. The lowest BCUT2D eigenvalue weighted by atomic mass is 9.72. The minimum absolute atomic E-state index is 0.00829. The Morgan fingerprint density at radius 1 is 1.14 bits per heavy atom. The Hall–Kier alpha value is -2.76.